The lowest BCUT2D eigenvalue weighted by molar-refractivity contribution is -0.128. The number of carbonyl (C=O) groups excluding carboxylic acids is 2. The molecule has 1 unspecified atom stereocenters. The topological polar surface area (TPSA) is 61.9 Å². The van der Waals surface area contributed by atoms with Gasteiger partial charge in [0, 0.05) is 32.5 Å². The molecule has 6 heteroatoms. The highest BCUT2D eigenvalue weighted by Crippen LogP contribution is 2.41. The SMILES string of the molecule is COc1ccc(CN2CC3(CCN(CCC(NC(=O)CC4CC4)c4ccccc4)CC3)CC2=O)cc1. The zero-order valence-corrected chi connectivity index (χ0v) is 21.5. The van der Waals surface area contributed by atoms with Gasteiger partial charge in [0.05, 0.1) is 13.2 Å². The summed E-state index contributed by atoms with van der Waals surface area (Å²) in [6.07, 6.45) is 6.75. The normalized spacial score (nSPS) is 20.5. The fourth-order valence-corrected chi connectivity index (χ4v) is 5.82. The maximum atomic E-state index is 12.9. The van der Waals surface area contributed by atoms with Crippen LogP contribution in [0.25, 0.3) is 0 Å². The van der Waals surface area contributed by atoms with E-state index in [0.29, 0.717) is 25.3 Å². The Morgan fingerprint density at radius 2 is 1.81 bits per heavy atom. The number of benzene rings is 2. The van der Waals surface area contributed by atoms with E-state index >= 15 is 0 Å². The molecule has 0 aromatic heterocycles. The zero-order valence-electron chi connectivity index (χ0n) is 21.5. The number of hydrogen-bond donors (Lipinski definition) is 1. The van der Waals surface area contributed by atoms with Crippen LogP contribution < -0.4 is 10.1 Å². The van der Waals surface area contributed by atoms with Gasteiger partial charge in [0.25, 0.3) is 0 Å². The number of rotatable bonds is 10. The van der Waals surface area contributed by atoms with E-state index in [9.17, 15) is 9.59 Å². The van der Waals surface area contributed by atoms with Gasteiger partial charge in [-0.05, 0) is 79.8 Å². The van der Waals surface area contributed by atoms with Crippen molar-refractivity contribution in [1.29, 1.82) is 0 Å². The monoisotopic (exact) mass is 489 g/mol. The van der Waals surface area contributed by atoms with Gasteiger partial charge in [-0.2, -0.15) is 0 Å². The fourth-order valence-electron chi connectivity index (χ4n) is 5.82. The molecule has 5 rings (SSSR count). The van der Waals surface area contributed by atoms with Crippen molar-refractivity contribution >= 4 is 11.8 Å². The van der Waals surface area contributed by atoms with Crippen molar-refractivity contribution in [2.45, 2.75) is 57.5 Å². The van der Waals surface area contributed by atoms with Crippen LogP contribution in [0.2, 0.25) is 0 Å². The third-order valence-electron chi connectivity index (χ3n) is 8.30. The summed E-state index contributed by atoms with van der Waals surface area (Å²) in [5, 5.41) is 3.31. The Kier molecular flexibility index (Phi) is 7.61. The van der Waals surface area contributed by atoms with E-state index in [4.69, 9.17) is 4.74 Å². The second-order valence-electron chi connectivity index (χ2n) is 11.1. The first-order valence-corrected chi connectivity index (χ1v) is 13.5. The van der Waals surface area contributed by atoms with E-state index in [1.54, 1.807) is 7.11 Å². The first-order chi connectivity index (χ1) is 17.5. The number of carbonyl (C=O) groups is 2. The van der Waals surface area contributed by atoms with Gasteiger partial charge in [-0.3, -0.25) is 9.59 Å². The Bertz CT molecular complexity index is 1030. The second kappa shape index (κ2) is 11.0. The minimum absolute atomic E-state index is 0.0568. The molecule has 1 saturated carbocycles. The van der Waals surface area contributed by atoms with Crippen molar-refractivity contribution < 1.29 is 14.3 Å². The smallest absolute Gasteiger partial charge is 0.223 e. The molecule has 3 fully saturated rings. The maximum Gasteiger partial charge on any atom is 0.223 e. The minimum atomic E-state index is 0.0568. The molecule has 192 valence electrons. The van der Waals surface area contributed by atoms with Crippen LogP contribution in [-0.4, -0.2) is 54.9 Å². The minimum Gasteiger partial charge on any atom is -0.497 e. The molecule has 2 saturated heterocycles. The van der Waals surface area contributed by atoms with Crippen LogP contribution in [0.1, 0.15) is 62.1 Å². The second-order valence-corrected chi connectivity index (χ2v) is 11.1. The molecule has 2 amide bonds. The number of ether oxygens (including phenoxy) is 1. The number of hydrogen-bond acceptors (Lipinski definition) is 4. The summed E-state index contributed by atoms with van der Waals surface area (Å²) in [4.78, 5) is 30.0. The van der Waals surface area contributed by atoms with Crippen LogP contribution in [0.3, 0.4) is 0 Å². The lowest BCUT2D eigenvalue weighted by Gasteiger charge is -2.39. The third kappa shape index (κ3) is 6.28. The van der Waals surface area contributed by atoms with Gasteiger partial charge in [0.1, 0.15) is 5.75 Å². The van der Waals surface area contributed by atoms with Gasteiger partial charge in [-0.1, -0.05) is 42.5 Å². The number of amides is 2. The molecule has 0 bridgehead atoms. The number of nitrogens with one attached hydrogen (secondary N) is 1. The van der Waals surface area contributed by atoms with Crippen molar-refractivity contribution in [3.8, 4) is 5.75 Å². The van der Waals surface area contributed by atoms with Crippen molar-refractivity contribution in [1.82, 2.24) is 15.1 Å². The van der Waals surface area contributed by atoms with Crippen LogP contribution in [0, 0.1) is 11.3 Å². The molecule has 2 heterocycles. The van der Waals surface area contributed by atoms with Gasteiger partial charge in [0.2, 0.25) is 11.8 Å². The van der Waals surface area contributed by atoms with Crippen LogP contribution >= 0.6 is 0 Å². The summed E-state index contributed by atoms with van der Waals surface area (Å²) in [7, 11) is 1.67. The molecule has 1 atom stereocenters. The van der Waals surface area contributed by atoms with Crippen molar-refractivity contribution in [3.63, 3.8) is 0 Å². The molecule has 1 spiro atoms. The Morgan fingerprint density at radius 1 is 1.08 bits per heavy atom. The summed E-state index contributed by atoms with van der Waals surface area (Å²) in [6.45, 7) is 4.52. The highest BCUT2D eigenvalue weighted by molar-refractivity contribution is 5.79. The average molecular weight is 490 g/mol. The maximum absolute atomic E-state index is 12.9. The van der Waals surface area contributed by atoms with E-state index in [1.807, 2.05) is 35.2 Å². The Labute approximate surface area is 215 Å². The van der Waals surface area contributed by atoms with Crippen LogP contribution in [0.5, 0.6) is 5.75 Å². The predicted molar refractivity (Wildman–Crippen MR) is 140 cm³/mol. The van der Waals surface area contributed by atoms with E-state index < -0.39 is 0 Å². The first-order valence-electron chi connectivity index (χ1n) is 13.5. The summed E-state index contributed by atoms with van der Waals surface area (Å²) < 4.78 is 5.25. The van der Waals surface area contributed by atoms with E-state index in [-0.39, 0.29) is 23.3 Å². The van der Waals surface area contributed by atoms with Crippen LogP contribution in [0.4, 0.5) is 0 Å². The first kappa shape index (κ1) is 24.8. The predicted octanol–water partition coefficient (Wildman–Crippen LogP) is 4.56. The molecule has 2 aromatic rings. The molecular formula is C30H39N3O3. The fraction of sp³-hybridized carbons (Fsp3) is 0.533. The standard InChI is InChI=1S/C30H39N3O3/c1-36-26-11-9-24(10-12-26)21-33-22-30(20-29(33)35)14-17-32(18-15-30)16-13-27(25-5-3-2-4-6-25)31-28(34)19-23-7-8-23/h2-6,9-12,23,27H,7-8,13-22H2,1H3,(H,31,34). The lowest BCUT2D eigenvalue weighted by Crippen LogP contribution is -2.42. The van der Waals surface area contributed by atoms with Crippen LogP contribution in [-0.2, 0) is 16.1 Å². The quantitative estimate of drug-likeness (QED) is 0.532. The molecule has 0 radical (unpaired) electrons. The summed E-state index contributed by atoms with van der Waals surface area (Å²) in [6, 6.07) is 18.4. The molecule has 1 N–H and O–H groups in total. The molecule has 2 aromatic carbocycles. The average Bonchev–Trinajstić information content (AvgIpc) is 3.66. The van der Waals surface area contributed by atoms with E-state index in [0.717, 1.165) is 56.8 Å². The summed E-state index contributed by atoms with van der Waals surface area (Å²) in [5.74, 6) is 1.90. The Balaban J connectivity index is 1.12. The largest absolute Gasteiger partial charge is 0.497 e. The molecule has 1 aliphatic carbocycles. The molecular weight excluding hydrogens is 450 g/mol. The lowest BCUT2D eigenvalue weighted by atomic mass is 9.77. The number of likely N-dealkylation sites (tertiary alicyclic amines) is 2. The molecule has 6 nitrogen and oxygen atoms in total. The van der Waals surface area contributed by atoms with Crippen LogP contribution in [0.15, 0.2) is 54.6 Å². The highest BCUT2D eigenvalue weighted by atomic mass is 16.5. The summed E-state index contributed by atoms with van der Waals surface area (Å²) >= 11 is 0. The summed E-state index contributed by atoms with van der Waals surface area (Å²) in [5.41, 5.74) is 2.44. The molecule has 2 aliphatic heterocycles. The van der Waals surface area contributed by atoms with Crippen molar-refractivity contribution in [2.24, 2.45) is 11.3 Å². The number of methoxy groups -OCH3 is 1. The van der Waals surface area contributed by atoms with Gasteiger partial charge in [0.15, 0.2) is 0 Å². The van der Waals surface area contributed by atoms with E-state index in [2.05, 4.69) is 34.5 Å². The number of piperidine rings is 1. The highest BCUT2D eigenvalue weighted by Gasteiger charge is 2.44. The Hall–Kier alpha value is -2.86. The Morgan fingerprint density at radius 3 is 2.47 bits per heavy atom. The zero-order chi connectivity index (χ0) is 25.0. The molecule has 36 heavy (non-hydrogen) atoms. The van der Waals surface area contributed by atoms with Gasteiger partial charge in [-0.15, -0.1) is 0 Å². The molecule has 3 aliphatic rings. The van der Waals surface area contributed by atoms with E-state index in [1.165, 1.54) is 18.4 Å². The van der Waals surface area contributed by atoms with Gasteiger partial charge in [-0.25, -0.2) is 0 Å². The third-order valence-corrected chi connectivity index (χ3v) is 8.30. The van der Waals surface area contributed by atoms with Crippen molar-refractivity contribution in [3.05, 3.63) is 65.7 Å². The van der Waals surface area contributed by atoms with Crippen molar-refractivity contribution in [2.75, 3.05) is 33.3 Å². The number of nitrogens with zero attached hydrogens (tertiary/aromatic N) is 2. The van der Waals surface area contributed by atoms with Gasteiger partial charge >= 0.3 is 0 Å². The van der Waals surface area contributed by atoms with Gasteiger partial charge < -0.3 is 19.9 Å².